The van der Waals surface area contributed by atoms with Gasteiger partial charge in [-0.1, -0.05) is 19.3 Å². The van der Waals surface area contributed by atoms with Crippen LogP contribution in [0.15, 0.2) is 0 Å². The summed E-state index contributed by atoms with van der Waals surface area (Å²) in [7, 11) is 2.98. The molecule has 1 amide bonds. The number of nitrogens with zero attached hydrogens (tertiary/aromatic N) is 2. The molecule has 1 fully saturated rings. The molecule has 0 saturated heterocycles. The maximum atomic E-state index is 12.3. The molecule has 1 heterocycles. The number of anilines is 1. The van der Waals surface area contributed by atoms with E-state index in [9.17, 15) is 9.59 Å². The number of amides is 1. The molecule has 6 heteroatoms. The number of nitrogens with one attached hydrogen (secondary N) is 1. The molecule has 1 aliphatic carbocycles. The highest BCUT2D eigenvalue weighted by molar-refractivity contribution is 6.01. The Balaban J connectivity index is 2.20. The molecule has 6 nitrogen and oxygen atoms in total. The van der Waals surface area contributed by atoms with E-state index in [4.69, 9.17) is 4.74 Å². The molecule has 0 aliphatic heterocycles. The highest BCUT2D eigenvalue weighted by Gasteiger charge is 2.26. The number of aryl methyl sites for hydroxylation is 2. The fourth-order valence-corrected chi connectivity index (χ4v) is 2.73. The first-order valence-corrected chi connectivity index (χ1v) is 6.97. The Morgan fingerprint density at radius 1 is 1.30 bits per heavy atom. The first-order valence-electron chi connectivity index (χ1n) is 6.97. The number of aromatic nitrogens is 2. The third-order valence-corrected chi connectivity index (χ3v) is 3.83. The van der Waals surface area contributed by atoms with Crippen molar-refractivity contribution in [1.29, 1.82) is 0 Å². The largest absolute Gasteiger partial charge is 0.464 e. The predicted octanol–water partition coefficient (Wildman–Crippen LogP) is 2.03. The van der Waals surface area contributed by atoms with Crippen molar-refractivity contribution in [3.05, 3.63) is 11.4 Å². The Morgan fingerprint density at radius 2 is 1.95 bits per heavy atom. The molecule has 2 rings (SSSR count). The zero-order valence-electron chi connectivity index (χ0n) is 12.2. The summed E-state index contributed by atoms with van der Waals surface area (Å²) in [5, 5.41) is 7.04. The first kappa shape index (κ1) is 14.6. The molecule has 0 unspecified atom stereocenters. The molecule has 0 atom stereocenters. The van der Waals surface area contributed by atoms with Crippen LogP contribution in [0, 0.1) is 12.8 Å². The van der Waals surface area contributed by atoms with Gasteiger partial charge in [-0.25, -0.2) is 4.79 Å². The Hall–Kier alpha value is -1.85. The van der Waals surface area contributed by atoms with Crippen LogP contribution in [0.4, 0.5) is 5.69 Å². The monoisotopic (exact) mass is 279 g/mol. The zero-order chi connectivity index (χ0) is 14.7. The molecule has 1 aromatic heterocycles. The molecule has 110 valence electrons. The second-order valence-corrected chi connectivity index (χ2v) is 5.25. The molecular weight excluding hydrogens is 258 g/mol. The van der Waals surface area contributed by atoms with Gasteiger partial charge in [-0.15, -0.1) is 0 Å². The van der Waals surface area contributed by atoms with E-state index < -0.39 is 5.97 Å². The van der Waals surface area contributed by atoms with Gasteiger partial charge in [-0.3, -0.25) is 9.48 Å². The summed E-state index contributed by atoms with van der Waals surface area (Å²) in [6.07, 6.45) is 5.21. The van der Waals surface area contributed by atoms with Gasteiger partial charge in [0.1, 0.15) is 0 Å². The third kappa shape index (κ3) is 2.84. The van der Waals surface area contributed by atoms with E-state index in [2.05, 4.69) is 10.4 Å². The average molecular weight is 279 g/mol. The van der Waals surface area contributed by atoms with Crippen LogP contribution < -0.4 is 5.32 Å². The minimum absolute atomic E-state index is 0.0223. The molecule has 1 N–H and O–H groups in total. The number of esters is 1. The number of carbonyl (C=O) groups is 2. The van der Waals surface area contributed by atoms with E-state index >= 15 is 0 Å². The predicted molar refractivity (Wildman–Crippen MR) is 74.5 cm³/mol. The standard InChI is InChI=1S/C14H21N3O3/c1-9-11(12(14(19)20-3)17(2)16-9)15-13(18)10-7-5-4-6-8-10/h10H,4-8H2,1-3H3,(H,15,18). The van der Waals surface area contributed by atoms with Crippen LogP contribution in [0.3, 0.4) is 0 Å². The van der Waals surface area contributed by atoms with Gasteiger partial charge in [0.15, 0.2) is 5.69 Å². The van der Waals surface area contributed by atoms with Crippen molar-refractivity contribution in [2.75, 3.05) is 12.4 Å². The van der Waals surface area contributed by atoms with Crippen LogP contribution in [0.25, 0.3) is 0 Å². The van der Waals surface area contributed by atoms with E-state index in [1.165, 1.54) is 18.2 Å². The minimum Gasteiger partial charge on any atom is -0.464 e. The second-order valence-electron chi connectivity index (χ2n) is 5.25. The smallest absolute Gasteiger partial charge is 0.358 e. The van der Waals surface area contributed by atoms with Crippen LogP contribution in [-0.4, -0.2) is 28.8 Å². The lowest BCUT2D eigenvalue weighted by Crippen LogP contribution is -2.26. The maximum Gasteiger partial charge on any atom is 0.358 e. The van der Waals surface area contributed by atoms with Gasteiger partial charge in [0.05, 0.1) is 18.5 Å². The summed E-state index contributed by atoms with van der Waals surface area (Å²) in [4.78, 5) is 24.1. The Bertz CT molecular complexity index is 516. The van der Waals surface area contributed by atoms with Crippen molar-refractivity contribution in [3.63, 3.8) is 0 Å². The molecule has 0 radical (unpaired) electrons. The summed E-state index contributed by atoms with van der Waals surface area (Å²) in [5.41, 5.74) is 1.38. The van der Waals surface area contributed by atoms with E-state index in [1.54, 1.807) is 14.0 Å². The van der Waals surface area contributed by atoms with Gasteiger partial charge in [-0.05, 0) is 19.8 Å². The Kier molecular flexibility index (Phi) is 4.42. The van der Waals surface area contributed by atoms with E-state index in [1.807, 2.05) is 0 Å². The molecule has 1 saturated carbocycles. The summed E-state index contributed by atoms with van der Waals surface area (Å²) in [5.74, 6) is -0.480. The molecule has 0 aromatic carbocycles. The van der Waals surface area contributed by atoms with E-state index in [0.717, 1.165) is 25.7 Å². The summed E-state index contributed by atoms with van der Waals surface area (Å²) in [6, 6.07) is 0. The van der Waals surface area contributed by atoms with E-state index in [0.29, 0.717) is 11.4 Å². The highest BCUT2D eigenvalue weighted by Crippen LogP contribution is 2.27. The first-order chi connectivity index (χ1) is 9.54. The summed E-state index contributed by atoms with van der Waals surface area (Å²) < 4.78 is 6.19. The Morgan fingerprint density at radius 3 is 2.55 bits per heavy atom. The molecular formula is C14H21N3O3. The maximum absolute atomic E-state index is 12.3. The van der Waals surface area contributed by atoms with Crippen molar-refractivity contribution in [3.8, 4) is 0 Å². The highest BCUT2D eigenvalue weighted by atomic mass is 16.5. The van der Waals surface area contributed by atoms with Gasteiger partial charge in [0.25, 0.3) is 0 Å². The van der Waals surface area contributed by atoms with Gasteiger partial charge < -0.3 is 10.1 Å². The van der Waals surface area contributed by atoms with E-state index in [-0.39, 0.29) is 17.5 Å². The van der Waals surface area contributed by atoms with Crippen LogP contribution >= 0.6 is 0 Å². The summed E-state index contributed by atoms with van der Waals surface area (Å²) >= 11 is 0. The number of methoxy groups -OCH3 is 1. The van der Waals surface area contributed by atoms with Crippen LogP contribution in [0.2, 0.25) is 0 Å². The number of carbonyl (C=O) groups excluding carboxylic acids is 2. The van der Waals surface area contributed by atoms with Gasteiger partial charge in [0, 0.05) is 13.0 Å². The lowest BCUT2D eigenvalue weighted by atomic mass is 9.88. The number of ether oxygens (including phenoxy) is 1. The molecule has 1 aliphatic rings. The lowest BCUT2D eigenvalue weighted by molar-refractivity contribution is -0.120. The van der Waals surface area contributed by atoms with Gasteiger partial charge in [0.2, 0.25) is 5.91 Å². The fraction of sp³-hybridized carbons (Fsp3) is 0.643. The fourth-order valence-electron chi connectivity index (χ4n) is 2.73. The number of rotatable bonds is 3. The number of hydrogen-bond donors (Lipinski definition) is 1. The van der Waals surface area contributed by atoms with Gasteiger partial charge >= 0.3 is 5.97 Å². The van der Waals surface area contributed by atoms with Crippen LogP contribution in [-0.2, 0) is 16.6 Å². The zero-order valence-corrected chi connectivity index (χ0v) is 12.2. The molecule has 0 spiro atoms. The Labute approximate surface area is 118 Å². The minimum atomic E-state index is -0.493. The molecule has 20 heavy (non-hydrogen) atoms. The topological polar surface area (TPSA) is 73.2 Å². The molecule has 1 aromatic rings. The van der Waals surface area contributed by atoms with Crippen molar-refractivity contribution < 1.29 is 14.3 Å². The van der Waals surface area contributed by atoms with Crippen LogP contribution in [0.5, 0.6) is 0 Å². The molecule has 0 bridgehead atoms. The average Bonchev–Trinajstić information content (AvgIpc) is 2.73. The third-order valence-electron chi connectivity index (χ3n) is 3.83. The lowest BCUT2D eigenvalue weighted by Gasteiger charge is -2.20. The number of hydrogen-bond acceptors (Lipinski definition) is 4. The normalized spacial score (nSPS) is 15.9. The quantitative estimate of drug-likeness (QED) is 0.859. The summed E-state index contributed by atoms with van der Waals surface area (Å²) in [6.45, 7) is 1.77. The van der Waals surface area contributed by atoms with Crippen molar-refractivity contribution in [2.24, 2.45) is 13.0 Å². The van der Waals surface area contributed by atoms with Crippen molar-refractivity contribution >= 4 is 17.6 Å². The van der Waals surface area contributed by atoms with Crippen molar-refractivity contribution in [2.45, 2.75) is 39.0 Å². The SMILES string of the molecule is COC(=O)c1c(NC(=O)C2CCCCC2)c(C)nn1C. The second kappa shape index (κ2) is 6.07. The van der Waals surface area contributed by atoms with Gasteiger partial charge in [-0.2, -0.15) is 5.10 Å². The van der Waals surface area contributed by atoms with Crippen molar-refractivity contribution in [1.82, 2.24) is 9.78 Å². The van der Waals surface area contributed by atoms with Crippen LogP contribution in [0.1, 0.15) is 48.3 Å².